The molecule has 0 saturated heterocycles. The number of rotatable bonds is 6. The van der Waals surface area contributed by atoms with Gasteiger partial charge in [-0.15, -0.1) is 0 Å². The van der Waals surface area contributed by atoms with E-state index in [0.29, 0.717) is 17.4 Å². The number of benzene rings is 1. The summed E-state index contributed by atoms with van der Waals surface area (Å²) in [6.45, 7) is 3.89. The number of carbonyl (C=O) groups excluding carboxylic acids is 1. The van der Waals surface area contributed by atoms with Crippen molar-refractivity contribution in [1.82, 2.24) is 9.88 Å². The minimum atomic E-state index is -0.0947. The van der Waals surface area contributed by atoms with E-state index in [9.17, 15) is 4.79 Å². The fourth-order valence-electron chi connectivity index (χ4n) is 1.99. The molecule has 21 heavy (non-hydrogen) atoms. The number of carbonyl (C=O) groups is 1. The first-order chi connectivity index (χ1) is 10.2. The summed E-state index contributed by atoms with van der Waals surface area (Å²) in [5, 5.41) is 3.09. The first-order valence-corrected chi connectivity index (χ1v) is 7.23. The summed E-state index contributed by atoms with van der Waals surface area (Å²) in [7, 11) is 0. The molecule has 1 heterocycles. The van der Waals surface area contributed by atoms with Gasteiger partial charge < -0.3 is 5.32 Å². The van der Waals surface area contributed by atoms with Crippen LogP contribution >= 0.6 is 11.6 Å². The van der Waals surface area contributed by atoms with Crippen LogP contribution in [-0.2, 0) is 11.3 Å². The van der Waals surface area contributed by atoms with Gasteiger partial charge in [0, 0.05) is 12.7 Å². The Morgan fingerprint density at radius 3 is 2.67 bits per heavy atom. The van der Waals surface area contributed by atoms with E-state index in [1.54, 1.807) is 18.3 Å². The smallest absolute Gasteiger partial charge is 0.238 e. The van der Waals surface area contributed by atoms with Crippen LogP contribution in [0.1, 0.15) is 12.5 Å². The molecule has 2 aromatic rings. The van der Waals surface area contributed by atoms with Crippen molar-refractivity contribution in [3.05, 3.63) is 59.4 Å². The summed E-state index contributed by atoms with van der Waals surface area (Å²) in [5.41, 5.74) is 1.73. The average Bonchev–Trinajstić information content (AvgIpc) is 2.50. The zero-order valence-corrected chi connectivity index (χ0v) is 12.7. The largest absolute Gasteiger partial charge is 0.322 e. The molecule has 4 nitrogen and oxygen atoms in total. The summed E-state index contributed by atoms with van der Waals surface area (Å²) in [6, 6.07) is 13.6. The minimum absolute atomic E-state index is 0.0947. The van der Waals surface area contributed by atoms with Crippen molar-refractivity contribution >= 4 is 23.2 Å². The molecule has 0 aliphatic heterocycles. The van der Waals surface area contributed by atoms with Crippen LogP contribution < -0.4 is 5.32 Å². The number of nitrogens with zero attached hydrogens (tertiary/aromatic N) is 2. The van der Waals surface area contributed by atoms with Crippen LogP contribution in [0.15, 0.2) is 48.7 Å². The van der Waals surface area contributed by atoms with Crippen LogP contribution in [-0.4, -0.2) is 28.9 Å². The topological polar surface area (TPSA) is 45.2 Å². The lowest BCUT2D eigenvalue weighted by Crippen LogP contribution is -2.32. The molecular weight excluding hydrogens is 286 g/mol. The van der Waals surface area contributed by atoms with Crippen molar-refractivity contribution in [2.24, 2.45) is 0 Å². The second-order valence-electron chi connectivity index (χ2n) is 4.68. The summed E-state index contributed by atoms with van der Waals surface area (Å²) < 4.78 is 0. The molecule has 0 aliphatic rings. The Labute approximate surface area is 129 Å². The molecule has 1 amide bonds. The van der Waals surface area contributed by atoms with Gasteiger partial charge in [-0.3, -0.25) is 9.69 Å². The molecule has 2 rings (SSSR count). The van der Waals surface area contributed by atoms with Crippen molar-refractivity contribution in [3.8, 4) is 0 Å². The van der Waals surface area contributed by atoms with Gasteiger partial charge in [0.05, 0.1) is 12.2 Å². The average molecular weight is 304 g/mol. The quantitative estimate of drug-likeness (QED) is 0.834. The zero-order chi connectivity index (χ0) is 15.1. The fraction of sp³-hybridized carbons (Fsp3) is 0.250. The minimum Gasteiger partial charge on any atom is -0.322 e. The highest BCUT2D eigenvalue weighted by Gasteiger charge is 2.11. The van der Waals surface area contributed by atoms with Crippen LogP contribution in [0, 0.1) is 0 Å². The molecule has 0 fully saturated rings. The van der Waals surface area contributed by atoms with Gasteiger partial charge in [-0.25, -0.2) is 4.98 Å². The molecule has 0 unspecified atom stereocenters. The SMILES string of the molecule is CCN(CC(=O)Nc1cccnc1Cl)Cc1ccccc1. The molecule has 0 bridgehead atoms. The predicted octanol–water partition coefficient (Wildman–Crippen LogP) is 3.20. The van der Waals surface area contributed by atoms with Gasteiger partial charge in [-0.05, 0) is 24.2 Å². The summed E-state index contributed by atoms with van der Waals surface area (Å²) >= 11 is 5.93. The van der Waals surface area contributed by atoms with Crippen LogP contribution in [0.3, 0.4) is 0 Å². The van der Waals surface area contributed by atoms with Crippen LogP contribution in [0.5, 0.6) is 0 Å². The number of anilines is 1. The van der Waals surface area contributed by atoms with E-state index in [2.05, 4.69) is 27.3 Å². The Kier molecular flexibility index (Phi) is 5.72. The van der Waals surface area contributed by atoms with Crippen molar-refractivity contribution in [3.63, 3.8) is 0 Å². The van der Waals surface area contributed by atoms with E-state index in [1.807, 2.05) is 25.1 Å². The van der Waals surface area contributed by atoms with Gasteiger partial charge in [0.2, 0.25) is 5.91 Å². The van der Waals surface area contributed by atoms with E-state index in [4.69, 9.17) is 11.6 Å². The molecule has 5 heteroatoms. The second-order valence-corrected chi connectivity index (χ2v) is 5.04. The first-order valence-electron chi connectivity index (χ1n) is 6.85. The van der Waals surface area contributed by atoms with E-state index < -0.39 is 0 Å². The standard InChI is InChI=1S/C16H18ClN3O/c1-2-20(11-13-7-4-3-5-8-13)12-15(21)19-14-9-6-10-18-16(14)17/h3-10H,2,11-12H2,1H3,(H,19,21). The molecular formula is C16H18ClN3O. The highest BCUT2D eigenvalue weighted by molar-refractivity contribution is 6.32. The van der Waals surface area contributed by atoms with E-state index in [0.717, 1.165) is 13.1 Å². The van der Waals surface area contributed by atoms with Crippen LogP contribution in [0.4, 0.5) is 5.69 Å². The third-order valence-corrected chi connectivity index (χ3v) is 3.40. The second kappa shape index (κ2) is 7.76. The molecule has 1 aromatic carbocycles. The number of likely N-dealkylation sites (N-methyl/N-ethyl adjacent to an activating group) is 1. The molecule has 0 radical (unpaired) electrons. The number of halogens is 1. The molecule has 0 aliphatic carbocycles. The van der Waals surface area contributed by atoms with Gasteiger partial charge in [-0.2, -0.15) is 0 Å². The van der Waals surface area contributed by atoms with Crippen molar-refractivity contribution in [2.75, 3.05) is 18.4 Å². The van der Waals surface area contributed by atoms with Gasteiger partial charge in [0.1, 0.15) is 0 Å². The van der Waals surface area contributed by atoms with Gasteiger partial charge >= 0.3 is 0 Å². The van der Waals surface area contributed by atoms with Crippen molar-refractivity contribution < 1.29 is 4.79 Å². The Morgan fingerprint density at radius 2 is 2.00 bits per heavy atom. The highest BCUT2D eigenvalue weighted by Crippen LogP contribution is 2.17. The molecule has 110 valence electrons. The monoisotopic (exact) mass is 303 g/mol. The van der Waals surface area contributed by atoms with Gasteiger partial charge in [0.15, 0.2) is 5.15 Å². The maximum absolute atomic E-state index is 12.1. The van der Waals surface area contributed by atoms with Gasteiger partial charge in [0.25, 0.3) is 0 Å². The van der Waals surface area contributed by atoms with Crippen molar-refractivity contribution in [2.45, 2.75) is 13.5 Å². The molecule has 0 atom stereocenters. The molecule has 0 spiro atoms. The Bertz CT molecular complexity index is 589. The van der Waals surface area contributed by atoms with Crippen LogP contribution in [0.2, 0.25) is 5.15 Å². The maximum atomic E-state index is 12.1. The summed E-state index contributed by atoms with van der Waals surface area (Å²) in [5.74, 6) is -0.0947. The zero-order valence-electron chi connectivity index (χ0n) is 11.9. The molecule has 0 saturated carbocycles. The highest BCUT2D eigenvalue weighted by atomic mass is 35.5. The summed E-state index contributed by atoms with van der Waals surface area (Å²) in [6.07, 6.45) is 1.59. The number of aromatic nitrogens is 1. The number of pyridine rings is 1. The fourth-order valence-corrected chi connectivity index (χ4v) is 2.16. The maximum Gasteiger partial charge on any atom is 0.238 e. The third kappa shape index (κ3) is 4.85. The Balaban J connectivity index is 1.92. The molecule has 1 N–H and O–H groups in total. The predicted molar refractivity (Wildman–Crippen MR) is 85.3 cm³/mol. The van der Waals surface area contributed by atoms with Crippen LogP contribution in [0.25, 0.3) is 0 Å². The number of nitrogens with one attached hydrogen (secondary N) is 1. The van der Waals surface area contributed by atoms with Crippen molar-refractivity contribution in [1.29, 1.82) is 0 Å². The van der Waals surface area contributed by atoms with Gasteiger partial charge in [-0.1, -0.05) is 48.9 Å². The first kappa shape index (κ1) is 15.5. The lowest BCUT2D eigenvalue weighted by atomic mass is 10.2. The lowest BCUT2D eigenvalue weighted by Gasteiger charge is -2.20. The normalized spacial score (nSPS) is 10.6. The van der Waals surface area contributed by atoms with E-state index >= 15 is 0 Å². The Morgan fingerprint density at radius 1 is 1.24 bits per heavy atom. The number of hydrogen-bond acceptors (Lipinski definition) is 3. The van der Waals surface area contributed by atoms with E-state index in [-0.39, 0.29) is 5.91 Å². The number of amides is 1. The van der Waals surface area contributed by atoms with E-state index in [1.165, 1.54) is 5.56 Å². The lowest BCUT2D eigenvalue weighted by molar-refractivity contribution is -0.117. The summed E-state index contributed by atoms with van der Waals surface area (Å²) in [4.78, 5) is 18.1. The molecule has 1 aromatic heterocycles. The third-order valence-electron chi connectivity index (χ3n) is 3.10. The Hall–Kier alpha value is -1.91. The number of hydrogen-bond donors (Lipinski definition) is 1.